The quantitative estimate of drug-likeness (QED) is 0.552. The van der Waals surface area contributed by atoms with Crippen molar-refractivity contribution in [3.8, 4) is 17.5 Å². The molecule has 132 valence electrons. The number of hydrogen-bond acceptors (Lipinski definition) is 5. The van der Waals surface area contributed by atoms with Crippen molar-refractivity contribution in [2.75, 3.05) is 6.54 Å². The summed E-state index contributed by atoms with van der Waals surface area (Å²) in [6, 6.07) is 16.7. The number of furan rings is 1. The largest absolute Gasteiger partial charge is 0.449 e. The first kappa shape index (κ1) is 16.5. The van der Waals surface area contributed by atoms with Crippen LogP contribution in [0, 0.1) is 11.3 Å². The summed E-state index contributed by atoms with van der Waals surface area (Å²) in [6.45, 7) is 0.304. The van der Waals surface area contributed by atoms with E-state index < -0.39 is 0 Å². The van der Waals surface area contributed by atoms with Crippen molar-refractivity contribution >= 4 is 16.9 Å². The highest BCUT2D eigenvalue weighted by Gasteiger charge is 2.21. The Bertz CT molecular complexity index is 1120. The minimum Gasteiger partial charge on any atom is -0.449 e. The van der Waals surface area contributed by atoms with E-state index in [1.165, 1.54) is 11.2 Å². The van der Waals surface area contributed by atoms with Crippen LogP contribution in [0.5, 0.6) is 0 Å². The van der Waals surface area contributed by atoms with Crippen molar-refractivity contribution < 1.29 is 9.21 Å². The lowest BCUT2D eigenvalue weighted by Crippen LogP contribution is -2.30. The van der Waals surface area contributed by atoms with Gasteiger partial charge in [0.1, 0.15) is 24.2 Å². The Morgan fingerprint density at radius 1 is 1.15 bits per heavy atom. The number of carbonyl (C=O) groups excluding carboxylic acids is 1. The van der Waals surface area contributed by atoms with Crippen LogP contribution in [-0.4, -0.2) is 32.3 Å². The van der Waals surface area contributed by atoms with Crippen LogP contribution in [0.1, 0.15) is 16.1 Å². The summed E-state index contributed by atoms with van der Waals surface area (Å²) >= 11 is 0. The maximum Gasteiger partial charge on any atom is 0.290 e. The predicted molar refractivity (Wildman–Crippen MR) is 98.4 cm³/mol. The normalized spacial score (nSPS) is 10.6. The van der Waals surface area contributed by atoms with Gasteiger partial charge in [0.05, 0.1) is 6.07 Å². The van der Waals surface area contributed by atoms with Gasteiger partial charge in [0, 0.05) is 18.1 Å². The number of benzene rings is 1. The Morgan fingerprint density at radius 3 is 2.81 bits per heavy atom. The third kappa shape index (κ3) is 3.28. The number of amides is 1. The van der Waals surface area contributed by atoms with Crippen LogP contribution >= 0.6 is 0 Å². The van der Waals surface area contributed by atoms with E-state index in [0.29, 0.717) is 23.6 Å². The van der Waals surface area contributed by atoms with Crippen LogP contribution in [-0.2, 0) is 6.54 Å². The summed E-state index contributed by atoms with van der Waals surface area (Å²) in [4.78, 5) is 25.7. The highest BCUT2D eigenvalue weighted by atomic mass is 16.4. The van der Waals surface area contributed by atoms with Gasteiger partial charge < -0.3 is 14.3 Å². The molecule has 0 aliphatic rings. The lowest BCUT2D eigenvalue weighted by atomic mass is 10.2. The average molecular weight is 357 g/mol. The Hall–Kier alpha value is -3.92. The number of aromatic amines is 1. The highest BCUT2D eigenvalue weighted by Crippen LogP contribution is 2.27. The number of carbonyl (C=O) groups is 1. The maximum absolute atomic E-state index is 12.8. The number of H-pyrrole nitrogens is 1. The SMILES string of the molecule is N#CCN(Cc1ccccc1)C(=O)c1ccc(-c2ncnc3[nH]ccc23)o1. The summed E-state index contributed by atoms with van der Waals surface area (Å²) in [5.41, 5.74) is 2.24. The predicted octanol–water partition coefficient (Wildman–Crippen LogP) is 3.38. The van der Waals surface area contributed by atoms with Crippen LogP contribution in [0.2, 0.25) is 0 Å². The molecule has 0 fully saturated rings. The van der Waals surface area contributed by atoms with Crippen molar-refractivity contribution in [3.05, 3.63) is 72.4 Å². The Morgan fingerprint density at radius 2 is 2.00 bits per heavy atom. The van der Waals surface area contributed by atoms with Crippen molar-refractivity contribution in [2.45, 2.75) is 6.54 Å². The maximum atomic E-state index is 12.8. The van der Waals surface area contributed by atoms with E-state index in [1.807, 2.05) is 42.5 Å². The molecule has 0 atom stereocenters. The summed E-state index contributed by atoms with van der Waals surface area (Å²) in [6.07, 6.45) is 3.21. The minimum absolute atomic E-state index is 0.0284. The Kier molecular flexibility index (Phi) is 4.37. The Balaban J connectivity index is 1.62. The monoisotopic (exact) mass is 357 g/mol. The van der Waals surface area contributed by atoms with Crippen molar-refractivity contribution in [1.29, 1.82) is 5.26 Å². The van der Waals surface area contributed by atoms with Crippen molar-refractivity contribution in [2.24, 2.45) is 0 Å². The molecule has 0 radical (unpaired) electrons. The molecule has 0 aliphatic carbocycles. The first-order valence-electron chi connectivity index (χ1n) is 8.34. The molecule has 0 unspecified atom stereocenters. The first-order valence-corrected chi connectivity index (χ1v) is 8.34. The molecule has 0 aliphatic heterocycles. The van der Waals surface area contributed by atoms with E-state index in [2.05, 4.69) is 15.0 Å². The lowest BCUT2D eigenvalue weighted by molar-refractivity contribution is 0.0734. The summed E-state index contributed by atoms with van der Waals surface area (Å²) in [7, 11) is 0. The van der Waals surface area contributed by atoms with E-state index in [4.69, 9.17) is 9.68 Å². The molecule has 1 aromatic carbocycles. The molecule has 7 nitrogen and oxygen atoms in total. The van der Waals surface area contributed by atoms with Crippen molar-refractivity contribution in [3.63, 3.8) is 0 Å². The zero-order chi connectivity index (χ0) is 18.6. The van der Waals surface area contributed by atoms with Gasteiger partial charge in [0.15, 0.2) is 11.5 Å². The second-order valence-corrected chi connectivity index (χ2v) is 5.93. The third-order valence-electron chi connectivity index (χ3n) is 4.17. The molecule has 4 rings (SSSR count). The number of nitrogens with zero attached hydrogens (tertiary/aromatic N) is 4. The lowest BCUT2D eigenvalue weighted by Gasteiger charge is -2.18. The van der Waals surface area contributed by atoms with Crippen LogP contribution < -0.4 is 0 Å². The van der Waals surface area contributed by atoms with Crippen LogP contribution in [0.15, 0.2) is 65.5 Å². The smallest absolute Gasteiger partial charge is 0.290 e. The molecule has 0 saturated heterocycles. The molecular weight excluding hydrogens is 342 g/mol. The number of rotatable bonds is 5. The van der Waals surface area contributed by atoms with Crippen LogP contribution in [0.25, 0.3) is 22.5 Å². The minimum atomic E-state index is -0.342. The van der Waals surface area contributed by atoms with E-state index >= 15 is 0 Å². The van der Waals surface area contributed by atoms with Crippen LogP contribution in [0.3, 0.4) is 0 Å². The fraction of sp³-hybridized carbons (Fsp3) is 0.100. The number of aromatic nitrogens is 3. The molecule has 1 amide bonds. The van der Waals surface area contributed by atoms with Gasteiger partial charge in [-0.05, 0) is 23.8 Å². The molecule has 0 bridgehead atoms. The fourth-order valence-electron chi connectivity index (χ4n) is 2.89. The number of hydrogen-bond donors (Lipinski definition) is 1. The zero-order valence-electron chi connectivity index (χ0n) is 14.3. The number of nitrogens with one attached hydrogen (secondary N) is 1. The zero-order valence-corrected chi connectivity index (χ0v) is 14.3. The van der Waals surface area contributed by atoms with E-state index in [1.54, 1.807) is 18.3 Å². The molecule has 3 aromatic heterocycles. The van der Waals surface area contributed by atoms with Gasteiger partial charge in [-0.2, -0.15) is 5.26 Å². The second kappa shape index (κ2) is 7.14. The van der Waals surface area contributed by atoms with Gasteiger partial charge >= 0.3 is 0 Å². The molecule has 0 saturated carbocycles. The molecule has 4 aromatic rings. The van der Waals surface area contributed by atoms with E-state index in [0.717, 1.165) is 10.9 Å². The average Bonchev–Trinajstić information content (AvgIpc) is 3.37. The summed E-state index contributed by atoms with van der Waals surface area (Å²) in [5.74, 6) is 0.298. The van der Waals surface area contributed by atoms with Gasteiger partial charge in [-0.25, -0.2) is 9.97 Å². The standard InChI is InChI=1S/C20H15N5O2/c21-9-11-25(12-14-4-2-1-3-5-14)20(26)17-7-6-16(27-17)18-15-8-10-22-19(15)24-13-23-18/h1-8,10,13H,11-12H2,(H,22,23,24). The first-order chi connectivity index (χ1) is 13.3. The molecule has 3 heterocycles. The van der Waals surface area contributed by atoms with E-state index in [-0.39, 0.29) is 18.2 Å². The van der Waals surface area contributed by atoms with Gasteiger partial charge in [0.25, 0.3) is 5.91 Å². The Labute approximate surface area is 154 Å². The molecule has 7 heteroatoms. The van der Waals surface area contributed by atoms with Crippen LogP contribution in [0.4, 0.5) is 0 Å². The molecule has 1 N–H and O–H groups in total. The highest BCUT2D eigenvalue weighted by molar-refractivity contribution is 5.93. The number of fused-ring (bicyclic) bond motifs is 1. The summed E-state index contributed by atoms with van der Waals surface area (Å²) < 4.78 is 5.77. The third-order valence-corrected chi connectivity index (χ3v) is 4.17. The van der Waals surface area contributed by atoms with Gasteiger partial charge in [-0.15, -0.1) is 0 Å². The second-order valence-electron chi connectivity index (χ2n) is 5.93. The topological polar surface area (TPSA) is 98.8 Å². The van der Waals surface area contributed by atoms with Gasteiger partial charge in [0.2, 0.25) is 0 Å². The van der Waals surface area contributed by atoms with Crippen molar-refractivity contribution in [1.82, 2.24) is 19.9 Å². The van der Waals surface area contributed by atoms with E-state index in [9.17, 15) is 4.79 Å². The number of nitriles is 1. The van der Waals surface area contributed by atoms with Gasteiger partial charge in [-0.3, -0.25) is 4.79 Å². The fourth-order valence-corrected chi connectivity index (χ4v) is 2.89. The van der Waals surface area contributed by atoms with Gasteiger partial charge in [-0.1, -0.05) is 30.3 Å². The molecular formula is C20H15N5O2. The summed E-state index contributed by atoms with van der Waals surface area (Å²) in [5, 5.41) is 9.90. The molecule has 0 spiro atoms. The molecule has 27 heavy (non-hydrogen) atoms.